The van der Waals surface area contributed by atoms with E-state index in [2.05, 4.69) is 41.5 Å². The monoisotopic (exact) mass is 816 g/mol. The number of aromatic nitrogens is 3. The highest BCUT2D eigenvalue weighted by Gasteiger charge is 2.45. The molecule has 3 amide bonds. The number of anilines is 4. The highest BCUT2D eigenvalue weighted by Crippen LogP contribution is 2.48. The van der Waals surface area contributed by atoms with E-state index in [1.807, 2.05) is 43.3 Å². The second kappa shape index (κ2) is 17.6. The summed E-state index contributed by atoms with van der Waals surface area (Å²) in [6, 6.07) is 25.6. The average molecular weight is 817 g/mol. The standard InChI is InChI=1S/C40H36ClF3N8O6/c1-23-2-4-24(5-3-23)25-6-14-29(15-7-25)46-34(55)33(54)45-21-18-31(35(56)57)48-32(53)26-8-16-30(17-9-26)47-36-49-37(51-38(50-36)58-22-40(42,43)44)52-39(19-20-39)27-10-12-28(41)13-11-27/h2-17,31H,18-22H2,1H3,(H,45,54)(H,46,55)(H,48,53)(H,56,57)(H2,47,49,50,51,52). The highest BCUT2D eigenvalue weighted by molar-refractivity contribution is 6.39. The number of carbonyl (C=O) groups excluding carboxylic acids is 3. The SMILES string of the molecule is Cc1ccc(-c2ccc(NC(=O)C(=O)NCCC(NC(=O)c3ccc(Nc4nc(NC5(c6ccc(Cl)cc6)CC5)nc(OCC(F)(F)F)n4)cc3)C(=O)O)cc2)cc1. The fraction of sp³-hybridized carbons (Fsp3) is 0.225. The average Bonchev–Trinajstić information content (AvgIpc) is 3.97. The molecule has 0 bridgehead atoms. The summed E-state index contributed by atoms with van der Waals surface area (Å²) in [5, 5.41) is 23.5. The van der Waals surface area contributed by atoms with Crippen LogP contribution in [0.4, 0.5) is 36.4 Å². The zero-order valence-electron chi connectivity index (χ0n) is 30.7. The van der Waals surface area contributed by atoms with Gasteiger partial charge in [0.15, 0.2) is 6.61 Å². The zero-order valence-corrected chi connectivity index (χ0v) is 31.4. The number of nitrogens with zero attached hydrogens (tertiary/aromatic N) is 3. The first-order chi connectivity index (χ1) is 27.6. The van der Waals surface area contributed by atoms with E-state index in [1.165, 1.54) is 24.3 Å². The lowest BCUT2D eigenvalue weighted by molar-refractivity contribution is -0.154. The van der Waals surface area contributed by atoms with Crippen LogP contribution in [0.3, 0.4) is 0 Å². The Hall–Kier alpha value is -6.75. The minimum atomic E-state index is -4.65. The number of halogens is 4. The number of carbonyl (C=O) groups is 4. The molecule has 1 aromatic heterocycles. The van der Waals surface area contributed by atoms with Crippen molar-refractivity contribution in [1.82, 2.24) is 25.6 Å². The van der Waals surface area contributed by atoms with Gasteiger partial charge in [0.2, 0.25) is 11.9 Å². The maximum absolute atomic E-state index is 13.0. The number of carboxylic acid groups (broad SMARTS) is 1. The van der Waals surface area contributed by atoms with Gasteiger partial charge in [0, 0.05) is 28.5 Å². The highest BCUT2D eigenvalue weighted by atomic mass is 35.5. The van der Waals surface area contributed by atoms with Gasteiger partial charge in [-0.25, -0.2) is 4.79 Å². The minimum Gasteiger partial charge on any atom is -0.480 e. The Kier molecular flexibility index (Phi) is 12.4. The minimum absolute atomic E-state index is 0.0430. The van der Waals surface area contributed by atoms with E-state index in [9.17, 15) is 37.5 Å². The third-order valence-electron chi connectivity index (χ3n) is 8.94. The van der Waals surface area contributed by atoms with Gasteiger partial charge in [-0.2, -0.15) is 28.1 Å². The van der Waals surface area contributed by atoms with Crippen molar-refractivity contribution < 1.29 is 42.2 Å². The zero-order chi connectivity index (χ0) is 41.5. The molecule has 1 fully saturated rings. The van der Waals surface area contributed by atoms with Gasteiger partial charge in [0.05, 0.1) is 5.54 Å². The van der Waals surface area contributed by atoms with Crippen LogP contribution in [-0.2, 0) is 19.9 Å². The number of amides is 3. The number of ether oxygens (including phenoxy) is 1. The molecule has 6 N–H and O–H groups in total. The number of aliphatic carboxylic acids is 1. The summed E-state index contributed by atoms with van der Waals surface area (Å²) in [6.45, 7) is 0.114. The van der Waals surface area contributed by atoms with Crippen LogP contribution in [0.2, 0.25) is 5.02 Å². The first-order valence-electron chi connectivity index (χ1n) is 17.8. The van der Waals surface area contributed by atoms with Gasteiger partial charge in [-0.05, 0) is 91.4 Å². The van der Waals surface area contributed by atoms with Gasteiger partial charge in [0.25, 0.3) is 5.91 Å². The second-order valence-electron chi connectivity index (χ2n) is 13.4. The molecule has 18 heteroatoms. The Balaban J connectivity index is 1.02. The molecule has 0 spiro atoms. The molecular weight excluding hydrogens is 781 g/mol. The summed E-state index contributed by atoms with van der Waals surface area (Å²) >= 11 is 6.03. The van der Waals surface area contributed by atoms with Crippen LogP contribution in [0.1, 0.15) is 40.7 Å². The normalized spacial score (nSPS) is 13.4. The molecule has 0 aliphatic heterocycles. The molecule has 0 radical (unpaired) electrons. The van der Waals surface area contributed by atoms with E-state index in [1.54, 1.807) is 36.4 Å². The summed E-state index contributed by atoms with van der Waals surface area (Å²) < 4.78 is 43.7. The van der Waals surface area contributed by atoms with Gasteiger partial charge in [-0.15, -0.1) is 0 Å². The van der Waals surface area contributed by atoms with Gasteiger partial charge in [-0.3, -0.25) is 14.4 Å². The van der Waals surface area contributed by atoms with Crippen molar-refractivity contribution in [2.75, 3.05) is 29.1 Å². The van der Waals surface area contributed by atoms with E-state index < -0.39 is 54.1 Å². The van der Waals surface area contributed by atoms with Crippen LogP contribution in [0, 0.1) is 6.92 Å². The summed E-state index contributed by atoms with van der Waals surface area (Å²) in [7, 11) is 0. The number of aryl methyl sites for hydroxylation is 1. The van der Waals surface area contributed by atoms with Gasteiger partial charge in [0.1, 0.15) is 6.04 Å². The number of nitrogens with one attached hydrogen (secondary N) is 5. The Morgan fingerprint density at radius 3 is 2.02 bits per heavy atom. The predicted molar refractivity (Wildman–Crippen MR) is 209 cm³/mol. The number of rotatable bonds is 15. The lowest BCUT2D eigenvalue weighted by Crippen LogP contribution is -2.44. The van der Waals surface area contributed by atoms with Crippen molar-refractivity contribution in [3.05, 3.63) is 119 Å². The first kappa shape index (κ1) is 40.9. The Morgan fingerprint density at radius 2 is 1.41 bits per heavy atom. The Bertz CT molecular complexity index is 2270. The van der Waals surface area contributed by atoms with E-state index in [0.29, 0.717) is 29.2 Å². The van der Waals surface area contributed by atoms with Crippen molar-refractivity contribution >= 4 is 58.6 Å². The van der Waals surface area contributed by atoms with Crippen molar-refractivity contribution in [3.63, 3.8) is 0 Å². The quantitative estimate of drug-likeness (QED) is 0.0622. The van der Waals surface area contributed by atoms with Crippen LogP contribution < -0.4 is 31.3 Å². The molecule has 1 saturated carbocycles. The van der Waals surface area contributed by atoms with Gasteiger partial charge < -0.3 is 36.4 Å². The number of hydrogen-bond donors (Lipinski definition) is 6. The maximum atomic E-state index is 13.0. The molecule has 1 atom stereocenters. The fourth-order valence-electron chi connectivity index (χ4n) is 5.70. The molecule has 0 saturated heterocycles. The second-order valence-corrected chi connectivity index (χ2v) is 13.8. The summed E-state index contributed by atoms with van der Waals surface area (Å²) in [5.74, 6) is -4.26. The van der Waals surface area contributed by atoms with Crippen molar-refractivity contribution in [1.29, 1.82) is 0 Å². The van der Waals surface area contributed by atoms with Crippen LogP contribution in [0.15, 0.2) is 97.1 Å². The van der Waals surface area contributed by atoms with E-state index in [-0.39, 0.29) is 30.4 Å². The van der Waals surface area contributed by atoms with Crippen LogP contribution in [-0.4, -0.2) is 69.1 Å². The van der Waals surface area contributed by atoms with Crippen molar-refractivity contribution in [3.8, 4) is 17.1 Å². The summed E-state index contributed by atoms with van der Waals surface area (Å²) in [4.78, 5) is 62.1. The molecule has 300 valence electrons. The lowest BCUT2D eigenvalue weighted by atomic mass is 10.0. The molecular formula is C40H36ClF3N8O6. The molecule has 6 rings (SSSR count). The molecule has 5 aromatic rings. The number of hydrogen-bond acceptors (Lipinski definition) is 10. The number of benzene rings is 4. The van der Waals surface area contributed by atoms with Crippen molar-refractivity contribution in [2.45, 2.75) is 43.9 Å². The molecule has 4 aromatic carbocycles. The lowest BCUT2D eigenvalue weighted by Gasteiger charge is -2.19. The molecule has 58 heavy (non-hydrogen) atoms. The molecule has 1 aliphatic rings. The molecule has 1 aliphatic carbocycles. The third kappa shape index (κ3) is 11.2. The van der Waals surface area contributed by atoms with Crippen molar-refractivity contribution in [2.24, 2.45) is 0 Å². The third-order valence-corrected chi connectivity index (χ3v) is 9.19. The molecule has 1 unspecified atom stereocenters. The van der Waals surface area contributed by atoms with Crippen LogP contribution in [0.5, 0.6) is 6.01 Å². The fourth-order valence-corrected chi connectivity index (χ4v) is 5.82. The maximum Gasteiger partial charge on any atom is 0.422 e. The summed E-state index contributed by atoms with van der Waals surface area (Å²) in [5.41, 5.74) is 4.14. The van der Waals surface area contributed by atoms with Crippen LogP contribution in [0.25, 0.3) is 11.1 Å². The van der Waals surface area contributed by atoms with E-state index >= 15 is 0 Å². The van der Waals surface area contributed by atoms with E-state index in [0.717, 1.165) is 22.3 Å². The molecule has 14 nitrogen and oxygen atoms in total. The topological polar surface area (TPSA) is 197 Å². The smallest absolute Gasteiger partial charge is 0.422 e. The predicted octanol–water partition coefficient (Wildman–Crippen LogP) is 6.61. The van der Waals surface area contributed by atoms with E-state index in [4.69, 9.17) is 16.3 Å². The Labute approximate surface area is 334 Å². The van der Waals surface area contributed by atoms with Crippen LogP contribution >= 0.6 is 11.6 Å². The summed E-state index contributed by atoms with van der Waals surface area (Å²) in [6.07, 6.45) is -3.48. The van der Waals surface area contributed by atoms with Gasteiger partial charge in [-0.1, -0.05) is 65.7 Å². The Morgan fingerprint density at radius 1 is 0.810 bits per heavy atom. The largest absolute Gasteiger partial charge is 0.480 e. The molecule has 1 heterocycles. The first-order valence-corrected chi connectivity index (χ1v) is 18.2. The number of alkyl halides is 3. The number of carboxylic acids is 1. The van der Waals surface area contributed by atoms with Gasteiger partial charge >= 0.3 is 30.0 Å².